The van der Waals surface area contributed by atoms with Gasteiger partial charge in [0, 0.05) is 29.4 Å². The van der Waals surface area contributed by atoms with Crippen LogP contribution in [0.2, 0.25) is 0 Å². The lowest BCUT2D eigenvalue weighted by molar-refractivity contribution is 0.976. The number of aromatic nitrogens is 3. The van der Waals surface area contributed by atoms with Crippen LogP contribution in [0.1, 0.15) is 5.56 Å². The Morgan fingerprint density at radius 3 is 1.50 bits per heavy atom. The van der Waals surface area contributed by atoms with E-state index >= 15 is 0 Å². The van der Waals surface area contributed by atoms with Gasteiger partial charge >= 0.3 is 0 Å². The summed E-state index contributed by atoms with van der Waals surface area (Å²) >= 11 is 0. The van der Waals surface area contributed by atoms with Crippen LogP contribution in [0.15, 0.2) is 176 Å². The van der Waals surface area contributed by atoms with Crippen molar-refractivity contribution in [3.05, 3.63) is 182 Å². The summed E-state index contributed by atoms with van der Waals surface area (Å²) in [4.78, 5) is 15.3. The molecule has 0 saturated carbocycles. The second kappa shape index (κ2) is 12.8. The van der Waals surface area contributed by atoms with Crippen LogP contribution in [0.25, 0.3) is 83.5 Å². The summed E-state index contributed by atoms with van der Waals surface area (Å²) < 4.78 is 0. The van der Waals surface area contributed by atoms with Crippen molar-refractivity contribution in [1.82, 2.24) is 20.3 Å². The van der Waals surface area contributed by atoms with Gasteiger partial charge in [0.05, 0.1) is 0 Å². The van der Waals surface area contributed by atoms with Crippen LogP contribution < -0.4 is 5.32 Å². The zero-order chi connectivity index (χ0) is 33.3. The van der Waals surface area contributed by atoms with Crippen molar-refractivity contribution in [1.29, 1.82) is 0 Å². The molecule has 2 heterocycles. The summed E-state index contributed by atoms with van der Waals surface area (Å²) in [5.41, 5.74) is 9.63. The van der Waals surface area contributed by atoms with Crippen LogP contribution in [-0.2, 0) is 0 Å². The first kappa shape index (κ1) is 29.5. The zero-order valence-electron chi connectivity index (χ0n) is 27.3. The SMILES string of the molecule is C1=CC(c2cc(-c3nc(-c4ccccc4)nc(-c4ccc(-c5ccccc5)cc4)n3)cc(-c3c4ccccc4cc4ccccc34)c2)=CNC1. The molecule has 0 unspecified atom stereocenters. The van der Waals surface area contributed by atoms with E-state index in [1.807, 2.05) is 24.3 Å². The molecule has 4 heteroatoms. The second-order valence-electron chi connectivity index (χ2n) is 12.5. The van der Waals surface area contributed by atoms with Gasteiger partial charge in [-0.05, 0) is 79.2 Å². The second-order valence-corrected chi connectivity index (χ2v) is 12.5. The highest BCUT2D eigenvalue weighted by Gasteiger charge is 2.18. The summed E-state index contributed by atoms with van der Waals surface area (Å²) in [7, 11) is 0. The Balaban J connectivity index is 1.27. The van der Waals surface area contributed by atoms with Crippen LogP contribution in [-0.4, -0.2) is 21.5 Å². The fourth-order valence-electron chi connectivity index (χ4n) is 6.84. The van der Waals surface area contributed by atoms with Gasteiger partial charge in [0.15, 0.2) is 17.5 Å². The average molecular weight is 641 g/mol. The third-order valence-corrected chi connectivity index (χ3v) is 9.29. The lowest BCUT2D eigenvalue weighted by Crippen LogP contribution is -2.08. The molecule has 1 aliphatic rings. The molecule has 0 aliphatic carbocycles. The molecule has 1 N–H and O–H groups in total. The molecule has 0 fully saturated rings. The van der Waals surface area contributed by atoms with Crippen LogP contribution in [0.4, 0.5) is 0 Å². The van der Waals surface area contributed by atoms with Crippen molar-refractivity contribution in [2.24, 2.45) is 0 Å². The molecule has 4 nitrogen and oxygen atoms in total. The molecule has 0 spiro atoms. The smallest absolute Gasteiger partial charge is 0.164 e. The fraction of sp³-hybridized carbons (Fsp3) is 0.0217. The van der Waals surface area contributed by atoms with Gasteiger partial charge in [-0.25, -0.2) is 15.0 Å². The Kier molecular flexibility index (Phi) is 7.52. The van der Waals surface area contributed by atoms with Gasteiger partial charge in [0.1, 0.15) is 0 Å². The quantitative estimate of drug-likeness (QED) is 0.184. The van der Waals surface area contributed by atoms with Gasteiger partial charge in [0.2, 0.25) is 0 Å². The van der Waals surface area contributed by atoms with E-state index in [2.05, 4.69) is 157 Å². The molecule has 8 aromatic rings. The summed E-state index contributed by atoms with van der Waals surface area (Å²) in [6.45, 7) is 0.810. The van der Waals surface area contributed by atoms with Crippen LogP contribution in [0, 0.1) is 0 Å². The van der Waals surface area contributed by atoms with Gasteiger partial charge in [-0.3, -0.25) is 0 Å². The Hall–Kier alpha value is -6.65. The van der Waals surface area contributed by atoms with Crippen molar-refractivity contribution in [2.75, 3.05) is 6.54 Å². The number of hydrogen-bond donors (Lipinski definition) is 1. The molecule has 7 aromatic carbocycles. The predicted octanol–water partition coefficient (Wildman–Crippen LogP) is 11.0. The molecule has 9 rings (SSSR count). The van der Waals surface area contributed by atoms with E-state index < -0.39 is 0 Å². The maximum Gasteiger partial charge on any atom is 0.164 e. The lowest BCUT2D eigenvalue weighted by Gasteiger charge is -2.17. The molecular weight excluding hydrogens is 609 g/mol. The maximum atomic E-state index is 5.17. The fourth-order valence-corrected chi connectivity index (χ4v) is 6.84. The van der Waals surface area contributed by atoms with Crippen molar-refractivity contribution in [3.63, 3.8) is 0 Å². The highest BCUT2D eigenvalue weighted by atomic mass is 15.0. The van der Waals surface area contributed by atoms with Gasteiger partial charge in [-0.1, -0.05) is 146 Å². The first-order valence-corrected chi connectivity index (χ1v) is 16.9. The lowest BCUT2D eigenvalue weighted by atomic mass is 9.89. The normalized spacial score (nSPS) is 12.5. The van der Waals surface area contributed by atoms with Crippen molar-refractivity contribution in [2.45, 2.75) is 0 Å². The van der Waals surface area contributed by atoms with Gasteiger partial charge < -0.3 is 5.32 Å². The van der Waals surface area contributed by atoms with Crippen LogP contribution in [0.3, 0.4) is 0 Å². The molecule has 50 heavy (non-hydrogen) atoms. The van der Waals surface area contributed by atoms with E-state index in [-0.39, 0.29) is 0 Å². The first-order chi connectivity index (χ1) is 24.8. The number of rotatable bonds is 6. The third-order valence-electron chi connectivity index (χ3n) is 9.29. The molecule has 1 aliphatic heterocycles. The van der Waals surface area contributed by atoms with Gasteiger partial charge in [-0.15, -0.1) is 0 Å². The minimum atomic E-state index is 0.627. The first-order valence-electron chi connectivity index (χ1n) is 16.9. The molecule has 0 amide bonds. The summed E-state index contributed by atoms with van der Waals surface area (Å²) in [5.74, 6) is 1.90. The number of allylic oxidation sites excluding steroid dienone is 2. The van der Waals surface area contributed by atoms with E-state index in [1.165, 1.54) is 32.7 Å². The largest absolute Gasteiger partial charge is 0.387 e. The van der Waals surface area contributed by atoms with Gasteiger partial charge in [-0.2, -0.15) is 0 Å². The average Bonchev–Trinajstić information content (AvgIpc) is 3.20. The standard InChI is InChI=1S/C46H32N4/c1-3-12-31(13-4-1)32-21-23-34(24-22-32)45-48-44(33-14-5-2-6-15-33)49-46(50-45)40-28-38(37-18-11-25-47-30-37)27-39(29-40)43-41-19-9-7-16-35(41)26-36-17-8-10-20-42(36)43/h1-24,26-30,47H,25H2. The number of fused-ring (bicyclic) bond motifs is 2. The number of hydrogen-bond acceptors (Lipinski definition) is 4. The van der Waals surface area contributed by atoms with E-state index in [9.17, 15) is 0 Å². The third kappa shape index (κ3) is 5.63. The molecule has 236 valence electrons. The highest BCUT2D eigenvalue weighted by Crippen LogP contribution is 2.40. The number of nitrogens with zero attached hydrogens (tertiary/aromatic N) is 3. The molecule has 0 atom stereocenters. The summed E-state index contributed by atoms with van der Waals surface area (Å²) in [5, 5.41) is 8.23. The Morgan fingerprint density at radius 2 is 0.880 bits per heavy atom. The monoisotopic (exact) mass is 640 g/mol. The Bertz CT molecular complexity index is 2520. The Morgan fingerprint density at radius 1 is 0.400 bits per heavy atom. The maximum absolute atomic E-state index is 5.17. The molecule has 0 radical (unpaired) electrons. The van der Waals surface area contributed by atoms with Crippen molar-refractivity contribution < 1.29 is 0 Å². The molecule has 1 aromatic heterocycles. The minimum Gasteiger partial charge on any atom is -0.387 e. The number of nitrogens with one attached hydrogen (secondary N) is 1. The van der Waals surface area contributed by atoms with Crippen LogP contribution >= 0.6 is 0 Å². The predicted molar refractivity (Wildman–Crippen MR) is 207 cm³/mol. The van der Waals surface area contributed by atoms with Crippen molar-refractivity contribution >= 4 is 27.1 Å². The van der Waals surface area contributed by atoms with E-state index in [0.29, 0.717) is 17.5 Å². The van der Waals surface area contributed by atoms with E-state index in [1.54, 1.807) is 0 Å². The topological polar surface area (TPSA) is 50.7 Å². The van der Waals surface area contributed by atoms with E-state index in [0.717, 1.165) is 45.5 Å². The van der Waals surface area contributed by atoms with Crippen LogP contribution in [0.5, 0.6) is 0 Å². The van der Waals surface area contributed by atoms with Crippen molar-refractivity contribution in [3.8, 4) is 56.4 Å². The molecular formula is C46H32N4. The summed E-state index contributed by atoms with van der Waals surface area (Å²) in [6.07, 6.45) is 6.43. The van der Waals surface area contributed by atoms with Gasteiger partial charge in [0.25, 0.3) is 0 Å². The van der Waals surface area contributed by atoms with E-state index in [4.69, 9.17) is 15.0 Å². The Labute approximate surface area is 291 Å². The summed E-state index contributed by atoms with van der Waals surface area (Å²) in [6, 6.07) is 55.3. The number of dihydropyridines is 1. The zero-order valence-corrected chi connectivity index (χ0v) is 27.3. The molecule has 0 saturated heterocycles. The highest BCUT2D eigenvalue weighted by molar-refractivity contribution is 6.13. The minimum absolute atomic E-state index is 0.627. The molecule has 0 bridgehead atoms. The number of benzene rings is 7.